The molecule has 5 heteroatoms. The second-order valence-electron chi connectivity index (χ2n) is 1.96. The van der Waals surface area contributed by atoms with Gasteiger partial charge in [0, 0.05) is 0 Å². The molecule has 0 atom stereocenters. The first-order valence-electron chi connectivity index (χ1n) is 3.27. The third kappa shape index (κ3) is 4.45. The number of carbonyl (C=O) groups excluding carboxylic acids is 2. The minimum atomic E-state index is -0.590. The lowest BCUT2D eigenvalue weighted by Crippen LogP contribution is -2.16. The minimum Gasteiger partial charge on any atom is -0.466 e. The highest BCUT2D eigenvalue weighted by Gasteiger charge is 2.02. The zero-order valence-electron chi connectivity index (χ0n) is 6.99. The van der Waals surface area contributed by atoms with Crippen LogP contribution < -0.4 is 5.73 Å². The molecule has 5 nitrogen and oxygen atoms in total. The number of hydrogen-bond acceptors (Lipinski definition) is 5. The van der Waals surface area contributed by atoms with Crippen LogP contribution in [0.1, 0.15) is 6.92 Å². The van der Waals surface area contributed by atoms with Crippen LogP contribution >= 0.6 is 0 Å². The van der Waals surface area contributed by atoms with Gasteiger partial charge in [-0.15, -0.1) is 0 Å². The predicted octanol–water partition coefficient (Wildman–Crippen LogP) is -0.435. The maximum absolute atomic E-state index is 10.6. The Hall–Kier alpha value is -1.36. The number of hydrogen-bond donors (Lipinski definition) is 1. The summed E-state index contributed by atoms with van der Waals surface area (Å²) in [6, 6.07) is 0. The van der Waals surface area contributed by atoms with Gasteiger partial charge in [-0.1, -0.05) is 0 Å². The van der Waals surface area contributed by atoms with E-state index in [9.17, 15) is 9.59 Å². The number of nitrogens with two attached hydrogens (primary N) is 1. The first-order chi connectivity index (χ1) is 5.60. The maximum atomic E-state index is 10.6. The van der Waals surface area contributed by atoms with E-state index in [0.717, 1.165) is 6.08 Å². The average Bonchev–Trinajstić information content (AvgIpc) is 2.03. The number of esters is 2. The molecule has 0 heterocycles. The van der Waals surface area contributed by atoms with Crippen molar-refractivity contribution in [3.63, 3.8) is 0 Å². The number of methoxy groups -OCH3 is 1. The summed E-state index contributed by atoms with van der Waals surface area (Å²) in [6.45, 7) is 1.25. The maximum Gasteiger partial charge on any atom is 0.333 e. The third-order valence-corrected chi connectivity index (χ3v) is 0.964. The lowest BCUT2D eigenvalue weighted by Gasteiger charge is -2.00. The van der Waals surface area contributed by atoms with Crippen molar-refractivity contribution in [1.82, 2.24) is 0 Å². The molecule has 0 aromatic carbocycles. The van der Waals surface area contributed by atoms with Gasteiger partial charge in [-0.2, -0.15) is 0 Å². The zero-order valence-corrected chi connectivity index (χ0v) is 6.99. The smallest absolute Gasteiger partial charge is 0.333 e. The molecule has 0 saturated heterocycles. The Morgan fingerprint density at radius 1 is 1.50 bits per heavy atom. The van der Waals surface area contributed by atoms with Crippen LogP contribution in [0.2, 0.25) is 0 Å². The molecule has 0 bridgehead atoms. The van der Waals surface area contributed by atoms with Gasteiger partial charge < -0.3 is 15.2 Å². The predicted molar refractivity (Wildman–Crippen MR) is 40.9 cm³/mol. The molecule has 12 heavy (non-hydrogen) atoms. The van der Waals surface area contributed by atoms with E-state index >= 15 is 0 Å². The third-order valence-electron chi connectivity index (χ3n) is 0.964. The zero-order chi connectivity index (χ0) is 9.56. The lowest BCUT2D eigenvalue weighted by molar-refractivity contribution is -0.138. The molecule has 2 N–H and O–H groups in total. The van der Waals surface area contributed by atoms with Crippen LogP contribution in [0.15, 0.2) is 11.8 Å². The summed E-state index contributed by atoms with van der Waals surface area (Å²) in [4.78, 5) is 21.1. The van der Waals surface area contributed by atoms with Gasteiger partial charge in [-0.05, 0) is 6.92 Å². The molecular formula is C7H11NO4. The average molecular weight is 173 g/mol. The highest BCUT2D eigenvalue weighted by atomic mass is 16.5. The van der Waals surface area contributed by atoms with Crippen molar-refractivity contribution in [3.8, 4) is 0 Å². The molecule has 0 aromatic heterocycles. The fraction of sp³-hybridized carbons (Fsp3) is 0.429. The Morgan fingerprint density at radius 2 is 2.08 bits per heavy atom. The fourth-order valence-electron chi connectivity index (χ4n) is 0.476. The van der Waals surface area contributed by atoms with Gasteiger partial charge in [0.2, 0.25) is 0 Å². The Labute approximate surface area is 70.1 Å². The van der Waals surface area contributed by atoms with Crippen molar-refractivity contribution in [2.24, 2.45) is 5.73 Å². The Kier molecular flexibility index (Phi) is 4.71. The lowest BCUT2D eigenvalue weighted by atomic mass is 10.5. The Morgan fingerprint density at radius 3 is 2.50 bits per heavy atom. The summed E-state index contributed by atoms with van der Waals surface area (Å²) >= 11 is 0. The van der Waals surface area contributed by atoms with Gasteiger partial charge in [0.05, 0.1) is 19.7 Å². The van der Waals surface area contributed by atoms with E-state index in [2.05, 4.69) is 9.47 Å². The van der Waals surface area contributed by atoms with Crippen LogP contribution in [-0.4, -0.2) is 25.6 Å². The van der Waals surface area contributed by atoms with E-state index in [-0.39, 0.29) is 12.3 Å². The molecule has 0 amide bonds. The van der Waals surface area contributed by atoms with Crippen LogP contribution in [-0.2, 0) is 19.1 Å². The number of ether oxygens (including phenoxy) is 2. The largest absolute Gasteiger partial charge is 0.466 e. The van der Waals surface area contributed by atoms with Crippen molar-refractivity contribution in [1.29, 1.82) is 0 Å². The van der Waals surface area contributed by atoms with Crippen molar-refractivity contribution >= 4 is 11.9 Å². The summed E-state index contributed by atoms with van der Waals surface area (Å²) in [6.07, 6.45) is 1.06. The second kappa shape index (κ2) is 5.31. The summed E-state index contributed by atoms with van der Waals surface area (Å²) < 4.78 is 8.87. The molecule has 0 rings (SSSR count). The Balaban J connectivity index is 4.02. The molecule has 68 valence electrons. The molecule has 0 aliphatic heterocycles. The molecular weight excluding hydrogens is 162 g/mol. The first-order valence-corrected chi connectivity index (χ1v) is 3.27. The SMILES string of the molecule is COC(=O)C=C(C)OC(=O)CN. The number of allylic oxidation sites excluding steroid dienone is 1. The molecule has 0 unspecified atom stereocenters. The van der Waals surface area contributed by atoms with E-state index in [4.69, 9.17) is 5.73 Å². The molecule has 0 radical (unpaired) electrons. The summed E-state index contributed by atoms with van der Waals surface area (Å²) in [5, 5.41) is 0. The number of rotatable bonds is 3. The van der Waals surface area contributed by atoms with Gasteiger partial charge in [-0.25, -0.2) is 4.79 Å². The van der Waals surface area contributed by atoms with Gasteiger partial charge in [-0.3, -0.25) is 4.79 Å². The van der Waals surface area contributed by atoms with Gasteiger partial charge in [0.1, 0.15) is 5.76 Å². The topological polar surface area (TPSA) is 78.6 Å². The van der Waals surface area contributed by atoms with Crippen LogP contribution in [0.5, 0.6) is 0 Å². The van der Waals surface area contributed by atoms with Gasteiger partial charge >= 0.3 is 11.9 Å². The van der Waals surface area contributed by atoms with Crippen LogP contribution in [0, 0.1) is 0 Å². The summed E-state index contributed by atoms with van der Waals surface area (Å²) in [7, 11) is 1.23. The highest BCUT2D eigenvalue weighted by molar-refractivity contribution is 5.83. The summed E-state index contributed by atoms with van der Waals surface area (Å²) in [5.41, 5.74) is 4.97. The minimum absolute atomic E-state index is 0.164. The van der Waals surface area contributed by atoms with Crippen LogP contribution in [0.25, 0.3) is 0 Å². The van der Waals surface area contributed by atoms with E-state index in [1.165, 1.54) is 14.0 Å². The van der Waals surface area contributed by atoms with E-state index < -0.39 is 11.9 Å². The normalized spacial score (nSPS) is 10.8. The molecule has 0 aliphatic rings. The van der Waals surface area contributed by atoms with Crippen molar-refractivity contribution in [2.45, 2.75) is 6.92 Å². The fourth-order valence-corrected chi connectivity index (χ4v) is 0.476. The molecule has 0 aromatic rings. The van der Waals surface area contributed by atoms with Crippen molar-refractivity contribution in [2.75, 3.05) is 13.7 Å². The van der Waals surface area contributed by atoms with Crippen molar-refractivity contribution < 1.29 is 19.1 Å². The molecule has 0 aliphatic carbocycles. The quantitative estimate of drug-likeness (QED) is 0.356. The standard InChI is InChI=1S/C7H11NO4/c1-5(3-6(9)11-2)12-7(10)4-8/h3H,4,8H2,1-2H3. The van der Waals surface area contributed by atoms with E-state index in [0.29, 0.717) is 0 Å². The van der Waals surface area contributed by atoms with E-state index in [1.54, 1.807) is 0 Å². The molecule has 0 spiro atoms. The van der Waals surface area contributed by atoms with E-state index in [1.807, 2.05) is 0 Å². The van der Waals surface area contributed by atoms with Gasteiger partial charge in [0.15, 0.2) is 0 Å². The molecule has 0 fully saturated rings. The highest BCUT2D eigenvalue weighted by Crippen LogP contribution is 1.95. The molecule has 0 saturated carbocycles. The van der Waals surface area contributed by atoms with Crippen LogP contribution in [0.3, 0.4) is 0 Å². The monoisotopic (exact) mass is 173 g/mol. The second-order valence-corrected chi connectivity index (χ2v) is 1.96. The number of carbonyl (C=O) groups is 2. The first kappa shape index (κ1) is 10.6. The summed E-state index contributed by atoms with van der Waals surface area (Å²) in [5.74, 6) is -0.998. The Bertz CT molecular complexity index is 209. The van der Waals surface area contributed by atoms with Crippen LogP contribution in [0.4, 0.5) is 0 Å². The van der Waals surface area contributed by atoms with Crippen molar-refractivity contribution in [3.05, 3.63) is 11.8 Å². The van der Waals surface area contributed by atoms with Gasteiger partial charge in [0.25, 0.3) is 0 Å².